The summed E-state index contributed by atoms with van der Waals surface area (Å²) >= 11 is 5.84. The smallest absolute Gasteiger partial charge is 0.314 e. The molecule has 3 aromatic rings. The summed E-state index contributed by atoms with van der Waals surface area (Å²) < 4.78 is 59.0. The first-order valence-corrected chi connectivity index (χ1v) is 11.1. The summed E-state index contributed by atoms with van der Waals surface area (Å²) in [5.41, 5.74) is 1.16. The molecule has 2 atom stereocenters. The average Bonchev–Trinajstić information content (AvgIpc) is 3.54. The highest BCUT2D eigenvalue weighted by Gasteiger charge is 2.43. The van der Waals surface area contributed by atoms with Crippen molar-refractivity contribution >= 4 is 23.0 Å². The Morgan fingerprint density at radius 1 is 1.12 bits per heavy atom. The van der Waals surface area contributed by atoms with Crippen LogP contribution in [0.25, 0.3) is 11.5 Å². The fourth-order valence-corrected chi connectivity index (χ4v) is 4.96. The van der Waals surface area contributed by atoms with Gasteiger partial charge in [-0.05, 0) is 62.1 Å². The summed E-state index contributed by atoms with van der Waals surface area (Å²) in [5, 5.41) is 7.39. The molecular weight excluding hydrogens is 470 g/mol. The first-order valence-electron chi connectivity index (χ1n) is 10.7. The van der Waals surface area contributed by atoms with Crippen molar-refractivity contribution in [2.24, 2.45) is 0 Å². The highest BCUT2D eigenvalue weighted by atomic mass is 32.1. The summed E-state index contributed by atoms with van der Waals surface area (Å²) in [4.78, 5) is 6.25. The van der Waals surface area contributed by atoms with Crippen LogP contribution in [0, 0.1) is 11.6 Å². The molecule has 2 aromatic carbocycles. The molecule has 2 aliphatic rings. The Bertz CT molecular complexity index is 1200. The second-order valence-electron chi connectivity index (χ2n) is 8.53. The topological polar surface area (TPSA) is 48.6 Å². The van der Waals surface area contributed by atoms with Gasteiger partial charge in [-0.25, -0.2) is 8.78 Å². The van der Waals surface area contributed by atoms with Crippen LogP contribution < -0.4 is 4.90 Å². The van der Waals surface area contributed by atoms with Crippen molar-refractivity contribution in [2.45, 2.75) is 31.5 Å². The molecule has 0 aliphatic carbocycles. The molecule has 1 aromatic heterocycles. The maximum Gasteiger partial charge on any atom is 0.314 e. The van der Waals surface area contributed by atoms with Gasteiger partial charge in [-0.3, -0.25) is 4.90 Å². The summed E-state index contributed by atoms with van der Waals surface area (Å²) in [7, 11) is 2.09. The minimum absolute atomic E-state index is 0.104. The standard InChI is InChI=1S/C23H21F4N5OS/c1-30-11-18-9-17(30)12-32(18)23(34)31(16-6-4-15(24)5-7-16)10-14-3-2-13(8-19(14)25)21-28-29-22(33-21)20(26)27/h2-8,17-18,20H,9-12H2,1H3/t17-,18?/m0/s1. The molecular formula is C23H21F4N5OS. The van der Waals surface area contributed by atoms with E-state index in [1.54, 1.807) is 17.0 Å². The Hall–Kier alpha value is -3.05. The largest absolute Gasteiger partial charge is 0.415 e. The van der Waals surface area contributed by atoms with Gasteiger partial charge in [0.25, 0.3) is 5.89 Å². The first kappa shape index (κ1) is 22.7. The molecule has 178 valence electrons. The number of thiocarbonyl (C=S) groups is 1. The highest BCUT2D eigenvalue weighted by Crippen LogP contribution is 2.32. The zero-order valence-electron chi connectivity index (χ0n) is 18.2. The summed E-state index contributed by atoms with van der Waals surface area (Å²) in [6, 6.07) is 10.8. The third kappa shape index (κ3) is 4.25. The lowest BCUT2D eigenvalue weighted by Crippen LogP contribution is -2.52. The van der Waals surface area contributed by atoms with Gasteiger partial charge in [-0.15, -0.1) is 10.2 Å². The molecule has 2 bridgehead atoms. The second-order valence-corrected chi connectivity index (χ2v) is 8.90. The quantitative estimate of drug-likeness (QED) is 0.381. The number of hydrogen-bond donors (Lipinski definition) is 0. The Morgan fingerprint density at radius 2 is 1.88 bits per heavy atom. The van der Waals surface area contributed by atoms with E-state index in [1.807, 2.05) is 0 Å². The predicted molar refractivity (Wildman–Crippen MR) is 121 cm³/mol. The number of aromatic nitrogens is 2. The molecule has 0 spiro atoms. The van der Waals surface area contributed by atoms with Crippen molar-refractivity contribution in [3.63, 3.8) is 0 Å². The van der Waals surface area contributed by atoms with E-state index >= 15 is 4.39 Å². The zero-order valence-corrected chi connectivity index (χ0v) is 19.0. The van der Waals surface area contributed by atoms with E-state index in [4.69, 9.17) is 16.6 Å². The van der Waals surface area contributed by atoms with Crippen LogP contribution in [0.4, 0.5) is 23.2 Å². The minimum atomic E-state index is -2.91. The van der Waals surface area contributed by atoms with Crippen LogP contribution in [0.3, 0.4) is 0 Å². The predicted octanol–water partition coefficient (Wildman–Crippen LogP) is 4.63. The van der Waals surface area contributed by atoms with Gasteiger partial charge in [-0.2, -0.15) is 8.78 Å². The lowest BCUT2D eigenvalue weighted by Gasteiger charge is -2.38. The Kier molecular flexibility index (Phi) is 5.98. The van der Waals surface area contributed by atoms with Crippen molar-refractivity contribution in [2.75, 3.05) is 25.0 Å². The molecule has 0 radical (unpaired) electrons. The third-order valence-electron chi connectivity index (χ3n) is 6.39. The normalized spacial score (nSPS) is 19.9. The van der Waals surface area contributed by atoms with Crippen LogP contribution in [0.15, 0.2) is 46.9 Å². The number of nitrogens with zero attached hydrogens (tertiary/aromatic N) is 5. The molecule has 2 fully saturated rings. The summed E-state index contributed by atoms with van der Waals surface area (Å²) in [6.07, 6.45) is -1.89. The van der Waals surface area contributed by atoms with Gasteiger partial charge < -0.3 is 14.2 Å². The maximum absolute atomic E-state index is 15.1. The number of piperazine rings is 1. The van der Waals surface area contributed by atoms with Gasteiger partial charge in [0.2, 0.25) is 5.89 Å². The van der Waals surface area contributed by atoms with Gasteiger partial charge in [0.05, 0.1) is 6.54 Å². The number of fused-ring (bicyclic) bond motifs is 2. The van der Waals surface area contributed by atoms with Crippen LogP contribution in [0.1, 0.15) is 24.3 Å². The summed E-state index contributed by atoms with van der Waals surface area (Å²) in [5.74, 6) is -1.97. The number of hydrogen-bond acceptors (Lipinski definition) is 5. The first-order chi connectivity index (χ1) is 16.3. The second kappa shape index (κ2) is 8.95. The van der Waals surface area contributed by atoms with Crippen LogP contribution >= 0.6 is 12.2 Å². The Morgan fingerprint density at radius 3 is 2.47 bits per heavy atom. The van der Waals surface area contributed by atoms with Crippen LogP contribution in [0.2, 0.25) is 0 Å². The number of likely N-dealkylation sites (tertiary alicyclic amines) is 2. The zero-order chi connectivity index (χ0) is 24.0. The van der Waals surface area contributed by atoms with E-state index in [1.165, 1.54) is 24.3 Å². The lowest BCUT2D eigenvalue weighted by molar-refractivity contribution is 0.116. The van der Waals surface area contributed by atoms with Gasteiger partial charge in [0, 0.05) is 42.0 Å². The molecule has 5 rings (SSSR count). The SMILES string of the molecule is CN1CC2C[C@H]1CN2C(=S)N(Cc1ccc(-c2nnc(C(F)F)o2)cc1F)c1ccc(F)cc1. The number of anilines is 1. The van der Waals surface area contributed by atoms with Crippen molar-refractivity contribution in [1.82, 2.24) is 20.0 Å². The molecule has 6 nitrogen and oxygen atoms in total. The van der Waals surface area contributed by atoms with E-state index < -0.39 is 18.1 Å². The Labute approximate surface area is 198 Å². The molecule has 2 saturated heterocycles. The van der Waals surface area contributed by atoms with E-state index in [0.717, 1.165) is 25.6 Å². The molecule has 1 unspecified atom stereocenters. The average molecular weight is 492 g/mol. The van der Waals surface area contributed by atoms with E-state index in [0.29, 0.717) is 22.4 Å². The maximum atomic E-state index is 15.1. The molecule has 0 amide bonds. The van der Waals surface area contributed by atoms with E-state index in [-0.39, 0.29) is 29.9 Å². The Balaban J connectivity index is 1.42. The van der Waals surface area contributed by atoms with E-state index in [2.05, 4.69) is 27.0 Å². The molecule has 2 aliphatic heterocycles. The van der Waals surface area contributed by atoms with Crippen LogP contribution in [-0.4, -0.2) is 57.3 Å². The van der Waals surface area contributed by atoms with Gasteiger partial charge in [0.1, 0.15) is 11.6 Å². The molecule has 11 heteroatoms. The number of alkyl halides is 2. The van der Waals surface area contributed by atoms with Gasteiger partial charge in [0.15, 0.2) is 5.11 Å². The highest BCUT2D eigenvalue weighted by molar-refractivity contribution is 7.80. The third-order valence-corrected chi connectivity index (χ3v) is 6.84. The molecule has 3 heterocycles. The van der Waals surface area contributed by atoms with Crippen LogP contribution in [-0.2, 0) is 6.54 Å². The monoisotopic (exact) mass is 491 g/mol. The van der Waals surface area contributed by atoms with Gasteiger partial charge in [-0.1, -0.05) is 6.07 Å². The van der Waals surface area contributed by atoms with Crippen molar-refractivity contribution in [3.05, 3.63) is 65.6 Å². The van der Waals surface area contributed by atoms with Gasteiger partial charge >= 0.3 is 6.43 Å². The molecule has 34 heavy (non-hydrogen) atoms. The molecule has 0 saturated carbocycles. The number of likely N-dealkylation sites (N-methyl/N-ethyl adjacent to an activating group) is 1. The van der Waals surface area contributed by atoms with Crippen molar-refractivity contribution in [3.8, 4) is 11.5 Å². The minimum Gasteiger partial charge on any atom is -0.415 e. The van der Waals surface area contributed by atoms with E-state index in [9.17, 15) is 13.2 Å². The fraction of sp³-hybridized carbons (Fsp3) is 0.348. The number of benzene rings is 2. The lowest BCUT2D eigenvalue weighted by atomic mass is 10.1. The molecule has 0 N–H and O–H groups in total. The fourth-order valence-electron chi connectivity index (χ4n) is 4.56. The van der Waals surface area contributed by atoms with Crippen molar-refractivity contribution < 1.29 is 22.0 Å². The number of rotatable bonds is 5. The van der Waals surface area contributed by atoms with Crippen molar-refractivity contribution in [1.29, 1.82) is 0 Å². The summed E-state index contributed by atoms with van der Waals surface area (Å²) in [6.45, 7) is 1.78. The van der Waals surface area contributed by atoms with Crippen LogP contribution in [0.5, 0.6) is 0 Å². The number of halogens is 4.